The highest BCUT2D eigenvalue weighted by atomic mass is 35.5. The number of carboxylic acid groups (broad SMARTS) is 1. The van der Waals surface area contributed by atoms with Gasteiger partial charge in [-0.1, -0.05) is 11.6 Å². The first-order chi connectivity index (χ1) is 7.49. The molecular formula is C10H13ClN2O3. The van der Waals surface area contributed by atoms with Gasteiger partial charge >= 0.3 is 5.97 Å². The van der Waals surface area contributed by atoms with Crippen LogP contribution in [-0.4, -0.2) is 33.8 Å². The van der Waals surface area contributed by atoms with Gasteiger partial charge in [-0.3, -0.25) is 0 Å². The third kappa shape index (κ3) is 4.12. The van der Waals surface area contributed by atoms with Gasteiger partial charge in [-0.05, 0) is 13.8 Å². The summed E-state index contributed by atoms with van der Waals surface area (Å²) in [5, 5.41) is 8.90. The molecule has 0 bridgehead atoms. The Morgan fingerprint density at radius 3 is 2.81 bits per heavy atom. The fourth-order valence-corrected chi connectivity index (χ4v) is 1.27. The van der Waals surface area contributed by atoms with E-state index in [9.17, 15) is 4.79 Å². The number of carbonyl (C=O) groups is 1. The molecule has 0 aliphatic heterocycles. The molecule has 0 radical (unpaired) electrons. The lowest BCUT2D eigenvalue weighted by Gasteiger charge is -2.06. The van der Waals surface area contributed by atoms with Crippen LogP contribution >= 0.6 is 11.6 Å². The lowest BCUT2D eigenvalue weighted by molar-refractivity contribution is 0.0686. The first-order valence-electron chi connectivity index (χ1n) is 4.87. The van der Waals surface area contributed by atoms with Gasteiger partial charge in [0.2, 0.25) is 0 Å². The Balaban J connectivity index is 2.69. The molecule has 1 rings (SSSR count). The zero-order valence-corrected chi connectivity index (χ0v) is 9.86. The standard InChI is InChI=1S/C10H13ClN2O3/c1-6(2)16-4-3-9-12-7(10(14)15)5-8(11)13-9/h5-6H,3-4H2,1-2H3,(H,14,15). The van der Waals surface area contributed by atoms with E-state index in [1.807, 2.05) is 13.8 Å². The highest BCUT2D eigenvalue weighted by Crippen LogP contribution is 2.08. The number of nitrogens with zero attached hydrogens (tertiary/aromatic N) is 2. The molecule has 1 aromatic heterocycles. The second-order valence-electron chi connectivity index (χ2n) is 3.47. The maximum atomic E-state index is 10.7. The van der Waals surface area contributed by atoms with Crippen LogP contribution in [0.15, 0.2) is 6.07 Å². The maximum Gasteiger partial charge on any atom is 0.354 e. The van der Waals surface area contributed by atoms with E-state index in [0.29, 0.717) is 18.9 Å². The summed E-state index contributed by atoms with van der Waals surface area (Å²) in [5.74, 6) is -0.735. The minimum Gasteiger partial charge on any atom is -0.477 e. The number of aromatic carboxylic acids is 1. The van der Waals surface area contributed by atoms with Crippen molar-refractivity contribution >= 4 is 17.6 Å². The van der Waals surface area contributed by atoms with Gasteiger partial charge in [0.25, 0.3) is 0 Å². The third-order valence-electron chi connectivity index (χ3n) is 1.74. The van der Waals surface area contributed by atoms with Gasteiger partial charge in [0.15, 0.2) is 5.69 Å². The fraction of sp³-hybridized carbons (Fsp3) is 0.500. The number of hydrogen-bond donors (Lipinski definition) is 1. The fourth-order valence-electron chi connectivity index (χ4n) is 1.07. The monoisotopic (exact) mass is 244 g/mol. The van der Waals surface area contributed by atoms with Crippen molar-refractivity contribution in [3.63, 3.8) is 0 Å². The number of rotatable bonds is 5. The third-order valence-corrected chi connectivity index (χ3v) is 1.93. The summed E-state index contributed by atoms with van der Waals surface area (Å²) in [6, 6.07) is 1.22. The van der Waals surface area contributed by atoms with Crippen molar-refractivity contribution in [2.45, 2.75) is 26.4 Å². The van der Waals surface area contributed by atoms with E-state index < -0.39 is 5.97 Å². The number of ether oxygens (including phenoxy) is 1. The van der Waals surface area contributed by atoms with Gasteiger partial charge in [-0.25, -0.2) is 14.8 Å². The van der Waals surface area contributed by atoms with Crippen molar-refractivity contribution in [2.75, 3.05) is 6.61 Å². The quantitative estimate of drug-likeness (QED) is 0.800. The van der Waals surface area contributed by atoms with E-state index in [2.05, 4.69) is 9.97 Å². The average molecular weight is 245 g/mol. The Bertz CT molecular complexity index is 382. The summed E-state index contributed by atoms with van der Waals surface area (Å²) >= 11 is 5.68. The molecule has 88 valence electrons. The summed E-state index contributed by atoms with van der Waals surface area (Å²) in [4.78, 5) is 18.5. The van der Waals surface area contributed by atoms with E-state index in [0.717, 1.165) is 0 Å². The van der Waals surface area contributed by atoms with Gasteiger partial charge in [0.1, 0.15) is 11.0 Å². The van der Waals surface area contributed by atoms with Crippen LogP contribution < -0.4 is 0 Å². The molecule has 0 saturated heterocycles. The Labute approximate surface area is 98.4 Å². The minimum atomic E-state index is -1.12. The van der Waals surface area contributed by atoms with Gasteiger partial charge in [0, 0.05) is 12.5 Å². The summed E-state index contributed by atoms with van der Waals surface area (Å²) < 4.78 is 5.32. The molecule has 0 saturated carbocycles. The van der Waals surface area contributed by atoms with Crippen molar-refractivity contribution in [3.05, 3.63) is 22.7 Å². The molecule has 0 aliphatic carbocycles. The van der Waals surface area contributed by atoms with E-state index in [1.54, 1.807) is 0 Å². The smallest absolute Gasteiger partial charge is 0.354 e. The van der Waals surface area contributed by atoms with Crippen LogP contribution in [0.3, 0.4) is 0 Å². The van der Waals surface area contributed by atoms with Crippen molar-refractivity contribution in [1.29, 1.82) is 0 Å². The normalized spacial score (nSPS) is 10.8. The molecule has 0 spiro atoms. The highest BCUT2D eigenvalue weighted by molar-refractivity contribution is 6.29. The van der Waals surface area contributed by atoms with Crippen LogP contribution in [0.25, 0.3) is 0 Å². The summed E-state index contributed by atoms with van der Waals surface area (Å²) in [5.41, 5.74) is -0.0976. The van der Waals surface area contributed by atoms with E-state index in [-0.39, 0.29) is 17.0 Å². The van der Waals surface area contributed by atoms with Crippen molar-refractivity contribution < 1.29 is 14.6 Å². The molecule has 6 heteroatoms. The van der Waals surface area contributed by atoms with Crippen molar-refractivity contribution in [1.82, 2.24) is 9.97 Å². The number of halogens is 1. The number of aromatic nitrogens is 2. The molecule has 0 fully saturated rings. The molecule has 1 aromatic rings. The Kier molecular flexibility index (Phi) is 4.64. The first-order valence-corrected chi connectivity index (χ1v) is 5.25. The molecule has 0 atom stereocenters. The Morgan fingerprint density at radius 2 is 2.25 bits per heavy atom. The SMILES string of the molecule is CC(C)OCCc1nc(Cl)cc(C(=O)O)n1. The molecular weight excluding hydrogens is 232 g/mol. The first kappa shape index (κ1) is 12.9. The molecule has 1 heterocycles. The second kappa shape index (κ2) is 5.77. The molecule has 0 unspecified atom stereocenters. The van der Waals surface area contributed by atoms with E-state index in [4.69, 9.17) is 21.4 Å². The van der Waals surface area contributed by atoms with Crippen LogP contribution in [0.1, 0.15) is 30.2 Å². The number of hydrogen-bond acceptors (Lipinski definition) is 4. The molecule has 0 aromatic carbocycles. The molecule has 0 amide bonds. The Morgan fingerprint density at radius 1 is 1.56 bits per heavy atom. The maximum absolute atomic E-state index is 10.7. The van der Waals surface area contributed by atoms with Gasteiger partial charge in [0.05, 0.1) is 12.7 Å². The van der Waals surface area contributed by atoms with Gasteiger partial charge in [-0.2, -0.15) is 0 Å². The van der Waals surface area contributed by atoms with Crippen LogP contribution in [-0.2, 0) is 11.2 Å². The molecule has 0 aliphatic rings. The lowest BCUT2D eigenvalue weighted by atomic mass is 10.3. The zero-order chi connectivity index (χ0) is 12.1. The summed E-state index contributed by atoms with van der Waals surface area (Å²) in [7, 11) is 0. The van der Waals surface area contributed by atoms with Crippen LogP contribution in [0.5, 0.6) is 0 Å². The largest absolute Gasteiger partial charge is 0.477 e. The van der Waals surface area contributed by atoms with Gasteiger partial charge < -0.3 is 9.84 Å². The summed E-state index contributed by atoms with van der Waals surface area (Å²) in [6.07, 6.45) is 0.567. The van der Waals surface area contributed by atoms with Crippen molar-refractivity contribution in [3.8, 4) is 0 Å². The topological polar surface area (TPSA) is 72.3 Å². The van der Waals surface area contributed by atoms with Crippen LogP contribution in [0.2, 0.25) is 5.15 Å². The van der Waals surface area contributed by atoms with Crippen LogP contribution in [0.4, 0.5) is 0 Å². The second-order valence-corrected chi connectivity index (χ2v) is 3.85. The van der Waals surface area contributed by atoms with Crippen molar-refractivity contribution in [2.24, 2.45) is 0 Å². The molecule has 1 N–H and O–H groups in total. The zero-order valence-electron chi connectivity index (χ0n) is 9.11. The predicted molar refractivity (Wildman–Crippen MR) is 58.8 cm³/mol. The Hall–Kier alpha value is -1.20. The predicted octanol–water partition coefficient (Wildman–Crippen LogP) is 1.80. The highest BCUT2D eigenvalue weighted by Gasteiger charge is 2.09. The van der Waals surface area contributed by atoms with Crippen LogP contribution in [0, 0.1) is 0 Å². The molecule has 16 heavy (non-hydrogen) atoms. The number of carboxylic acids is 1. The van der Waals surface area contributed by atoms with Gasteiger partial charge in [-0.15, -0.1) is 0 Å². The van der Waals surface area contributed by atoms with E-state index >= 15 is 0 Å². The molecule has 5 nitrogen and oxygen atoms in total. The van der Waals surface area contributed by atoms with E-state index in [1.165, 1.54) is 6.07 Å². The lowest BCUT2D eigenvalue weighted by Crippen LogP contribution is -2.10. The minimum absolute atomic E-state index is 0.0976. The summed E-state index contributed by atoms with van der Waals surface area (Å²) in [6.45, 7) is 4.28. The average Bonchev–Trinajstić information content (AvgIpc) is 2.16.